The molecule has 0 aromatic carbocycles. The number of aliphatic hydroxyl groups is 8. The number of hydrogen-bond donors (Lipinski definition) is 8. The first kappa shape index (κ1) is 24.3. The van der Waals surface area contributed by atoms with Crippen LogP contribution in [0.5, 0.6) is 0 Å². The molecule has 29 heavy (non-hydrogen) atoms. The summed E-state index contributed by atoms with van der Waals surface area (Å²) in [5, 5.41) is 79.4. The lowest BCUT2D eigenvalue weighted by atomic mass is 9.91. The van der Waals surface area contributed by atoms with Crippen LogP contribution >= 0.6 is 0 Å². The highest BCUT2D eigenvalue weighted by Gasteiger charge is 2.67. The van der Waals surface area contributed by atoms with Gasteiger partial charge in [-0.05, 0) is 6.42 Å². The van der Waals surface area contributed by atoms with Gasteiger partial charge in [0.15, 0.2) is 0 Å². The van der Waals surface area contributed by atoms with E-state index < -0.39 is 80.1 Å². The fourth-order valence-electron chi connectivity index (χ4n) is 3.24. The molecule has 0 aliphatic carbocycles. The van der Waals surface area contributed by atoms with Gasteiger partial charge in [-0.3, -0.25) is 0 Å². The smallest absolute Gasteiger partial charge is 0.370 e. The third kappa shape index (κ3) is 4.13. The minimum absolute atomic E-state index is 0.167. The Morgan fingerprint density at radius 3 is 1.97 bits per heavy atom. The Hall–Kier alpha value is -0.970. The first-order chi connectivity index (χ1) is 13.6. The largest absolute Gasteiger partial charge is 0.462 e. The molecule has 2 fully saturated rings. The van der Waals surface area contributed by atoms with Gasteiger partial charge in [0, 0.05) is 0 Å². The summed E-state index contributed by atoms with van der Waals surface area (Å²) in [6.07, 6.45) is -12.7. The normalized spacial score (nSPS) is 45.3. The van der Waals surface area contributed by atoms with Crippen molar-refractivity contribution in [1.82, 2.24) is 0 Å². The summed E-state index contributed by atoms with van der Waals surface area (Å²) in [6.45, 7) is -1.38. The second-order valence-corrected chi connectivity index (χ2v) is 6.91. The van der Waals surface area contributed by atoms with Crippen LogP contribution in [0.1, 0.15) is 13.3 Å². The highest BCUT2D eigenvalue weighted by molar-refractivity contribution is 5.79. The summed E-state index contributed by atoms with van der Waals surface area (Å²) in [4.78, 5) is 12.8. The van der Waals surface area contributed by atoms with Crippen LogP contribution in [0, 0.1) is 0 Å². The number of carbonyl (C=O) groups excluding carboxylic acids is 1. The summed E-state index contributed by atoms with van der Waals surface area (Å²) in [5.74, 6) is -6.95. The van der Waals surface area contributed by atoms with E-state index in [0.29, 0.717) is 6.42 Å². The van der Waals surface area contributed by atoms with E-state index in [1.165, 1.54) is 0 Å². The van der Waals surface area contributed by atoms with Crippen LogP contribution in [0.3, 0.4) is 0 Å². The molecule has 170 valence electrons. The Morgan fingerprint density at radius 1 is 0.897 bits per heavy atom. The van der Waals surface area contributed by atoms with Gasteiger partial charge in [0.05, 0.1) is 19.8 Å². The van der Waals surface area contributed by atoms with Crippen molar-refractivity contribution in [2.24, 2.45) is 0 Å². The van der Waals surface area contributed by atoms with E-state index in [4.69, 9.17) is 18.9 Å². The Kier molecular flexibility index (Phi) is 7.92. The molecule has 0 radical (unpaired) electrons. The molecule has 1 unspecified atom stereocenters. The third-order valence-corrected chi connectivity index (χ3v) is 4.90. The van der Waals surface area contributed by atoms with E-state index in [2.05, 4.69) is 0 Å². The third-order valence-electron chi connectivity index (χ3n) is 4.90. The van der Waals surface area contributed by atoms with Crippen molar-refractivity contribution in [3.63, 3.8) is 0 Å². The zero-order chi connectivity index (χ0) is 22.0. The topological polar surface area (TPSA) is 216 Å². The quantitative estimate of drug-likeness (QED) is 0.170. The van der Waals surface area contributed by atoms with Gasteiger partial charge in [0.25, 0.3) is 0 Å². The zero-order valence-electron chi connectivity index (χ0n) is 15.7. The van der Waals surface area contributed by atoms with E-state index in [1.807, 2.05) is 0 Å². The summed E-state index contributed by atoms with van der Waals surface area (Å²) in [7, 11) is 0. The second-order valence-electron chi connectivity index (χ2n) is 6.91. The lowest BCUT2D eigenvalue weighted by Gasteiger charge is -2.49. The average molecular weight is 428 g/mol. The van der Waals surface area contributed by atoms with Crippen LogP contribution < -0.4 is 0 Å². The van der Waals surface area contributed by atoms with Gasteiger partial charge in [0.2, 0.25) is 5.79 Å². The summed E-state index contributed by atoms with van der Waals surface area (Å²) in [5.41, 5.74) is 0. The fourth-order valence-corrected chi connectivity index (χ4v) is 3.24. The van der Waals surface area contributed by atoms with Gasteiger partial charge in [-0.2, -0.15) is 0 Å². The molecule has 0 amide bonds. The molecular formula is C16H28O13. The molecule has 0 saturated carbocycles. The fraction of sp³-hybridized carbons (Fsp3) is 0.938. The number of aliphatic hydroxyl groups excluding tert-OH is 8. The van der Waals surface area contributed by atoms with E-state index in [-0.39, 0.29) is 6.61 Å². The highest BCUT2D eigenvalue weighted by Crippen LogP contribution is 2.41. The SMILES string of the molecule is CCCOC(=O)[C@@]1(OC2(CO)O[C@H](CO)[C@@H](O)[C@@H]2O)O[C@H](CO)[C@@H](O)[C@H](O)[C@H]1O. The number of ether oxygens (including phenoxy) is 4. The van der Waals surface area contributed by atoms with Gasteiger partial charge in [-0.25, -0.2) is 4.79 Å². The summed E-state index contributed by atoms with van der Waals surface area (Å²) in [6, 6.07) is 0. The molecule has 0 spiro atoms. The van der Waals surface area contributed by atoms with Crippen molar-refractivity contribution in [2.45, 2.75) is 67.6 Å². The summed E-state index contributed by atoms with van der Waals surface area (Å²) < 4.78 is 20.8. The van der Waals surface area contributed by atoms with Crippen molar-refractivity contribution in [2.75, 3.05) is 26.4 Å². The number of carbonyl (C=O) groups is 1. The molecule has 8 N–H and O–H groups in total. The van der Waals surface area contributed by atoms with Gasteiger partial charge in [-0.1, -0.05) is 6.92 Å². The number of hydrogen-bond acceptors (Lipinski definition) is 13. The van der Waals surface area contributed by atoms with E-state index in [1.54, 1.807) is 6.92 Å². The molecule has 9 atom stereocenters. The molecule has 0 aromatic heterocycles. The van der Waals surface area contributed by atoms with Crippen molar-refractivity contribution in [1.29, 1.82) is 0 Å². The molecule has 2 heterocycles. The monoisotopic (exact) mass is 428 g/mol. The molecule has 13 heteroatoms. The second kappa shape index (κ2) is 9.45. The molecule has 2 rings (SSSR count). The Morgan fingerprint density at radius 2 is 1.48 bits per heavy atom. The van der Waals surface area contributed by atoms with Crippen molar-refractivity contribution >= 4 is 5.97 Å². The average Bonchev–Trinajstić information content (AvgIpc) is 2.97. The Balaban J connectivity index is 2.49. The number of esters is 1. The van der Waals surface area contributed by atoms with Crippen LogP contribution in [-0.2, 0) is 23.7 Å². The Labute approximate surface area is 165 Å². The first-order valence-electron chi connectivity index (χ1n) is 9.10. The van der Waals surface area contributed by atoms with Crippen LogP contribution in [-0.4, -0.2) is 128 Å². The van der Waals surface area contributed by atoms with Crippen molar-refractivity contribution < 1.29 is 64.6 Å². The predicted molar refractivity (Wildman–Crippen MR) is 88.8 cm³/mol. The summed E-state index contributed by atoms with van der Waals surface area (Å²) >= 11 is 0. The zero-order valence-corrected chi connectivity index (χ0v) is 15.7. The van der Waals surface area contributed by atoms with Crippen LogP contribution in [0.2, 0.25) is 0 Å². The lowest BCUT2D eigenvalue weighted by Crippen LogP contribution is -2.72. The lowest BCUT2D eigenvalue weighted by molar-refractivity contribution is -0.421. The van der Waals surface area contributed by atoms with E-state index >= 15 is 0 Å². The molecule has 2 saturated heterocycles. The predicted octanol–water partition coefficient (Wildman–Crippen LogP) is -5.07. The van der Waals surface area contributed by atoms with Crippen LogP contribution in [0.4, 0.5) is 0 Å². The van der Waals surface area contributed by atoms with Crippen LogP contribution in [0.25, 0.3) is 0 Å². The van der Waals surface area contributed by atoms with Crippen LogP contribution in [0.15, 0.2) is 0 Å². The first-order valence-corrected chi connectivity index (χ1v) is 9.10. The van der Waals surface area contributed by atoms with Gasteiger partial charge in [-0.15, -0.1) is 0 Å². The van der Waals surface area contributed by atoms with Gasteiger partial charge >= 0.3 is 11.8 Å². The van der Waals surface area contributed by atoms with E-state index in [0.717, 1.165) is 0 Å². The van der Waals surface area contributed by atoms with E-state index in [9.17, 15) is 45.6 Å². The molecule has 2 aliphatic rings. The highest BCUT2D eigenvalue weighted by atomic mass is 16.8. The van der Waals surface area contributed by atoms with Crippen molar-refractivity contribution in [3.05, 3.63) is 0 Å². The van der Waals surface area contributed by atoms with Crippen molar-refractivity contribution in [3.8, 4) is 0 Å². The van der Waals surface area contributed by atoms with Gasteiger partial charge < -0.3 is 59.8 Å². The van der Waals surface area contributed by atoms with Gasteiger partial charge in [0.1, 0.15) is 49.3 Å². The maximum atomic E-state index is 12.8. The maximum absolute atomic E-state index is 12.8. The molecular weight excluding hydrogens is 400 g/mol. The minimum Gasteiger partial charge on any atom is -0.462 e. The molecule has 2 aliphatic heterocycles. The molecule has 0 bridgehead atoms. The Bertz CT molecular complexity index is 559. The standard InChI is InChI=1S/C16H28O13/c1-2-3-26-14(25)16(13(24)11(22)9(20)7(4-17)28-16)29-15(6-19)12(23)10(21)8(5-18)27-15/h7-13,17-24H,2-6H2,1H3/t7-,8-,9-,10-,11+,12+,13-,15?,16-/m1/s1. The number of rotatable bonds is 8. The minimum atomic E-state index is -2.96. The molecule has 13 nitrogen and oxygen atoms in total. The maximum Gasteiger partial charge on any atom is 0.370 e. The molecule has 0 aromatic rings.